The summed E-state index contributed by atoms with van der Waals surface area (Å²) in [5, 5.41) is 92.4. The molecule has 7 aliphatic rings. The smallest absolute Gasteiger partial charge is 0.361 e. The molecule has 0 bridgehead atoms. The Balaban J connectivity index is 1.13. The number of hydrogen-bond acceptors (Lipinski definition) is 16. The Bertz CT molecular complexity index is 1870. The first-order chi connectivity index (χ1) is 30.2. The number of carboxylic acids is 3. The van der Waals surface area contributed by atoms with Crippen LogP contribution < -0.4 is 0 Å². The van der Waals surface area contributed by atoms with E-state index in [1.807, 2.05) is 0 Å². The second-order valence-electron chi connectivity index (χ2n) is 22.2. The average Bonchev–Trinajstić information content (AvgIpc) is 3.22. The molecule has 65 heavy (non-hydrogen) atoms. The zero-order valence-electron chi connectivity index (χ0n) is 38.3. The summed E-state index contributed by atoms with van der Waals surface area (Å²) in [6, 6.07) is 0. The molecule has 6 fully saturated rings. The van der Waals surface area contributed by atoms with Crippen molar-refractivity contribution in [1.29, 1.82) is 0 Å². The van der Waals surface area contributed by atoms with E-state index in [9.17, 15) is 60.0 Å². The number of aliphatic hydroxyl groups is 6. The monoisotopic (exact) mass is 926 g/mol. The van der Waals surface area contributed by atoms with Gasteiger partial charge in [-0.05, 0) is 109 Å². The average molecular weight is 927 g/mol. The lowest BCUT2D eigenvalue weighted by molar-refractivity contribution is -0.339. The third-order valence-electron chi connectivity index (χ3n) is 18.0. The fourth-order valence-corrected chi connectivity index (χ4v) is 14.1. The predicted molar refractivity (Wildman–Crippen MR) is 222 cm³/mol. The Morgan fingerprint density at radius 1 is 0.769 bits per heavy atom. The van der Waals surface area contributed by atoms with Crippen LogP contribution in [0.4, 0.5) is 0 Å². The van der Waals surface area contributed by atoms with Crippen molar-refractivity contribution in [1.82, 2.24) is 0 Å². The van der Waals surface area contributed by atoms with Crippen LogP contribution in [0, 0.1) is 50.2 Å². The number of esters is 1. The van der Waals surface area contributed by atoms with Gasteiger partial charge in [0.05, 0.1) is 18.1 Å². The molecule has 0 aromatic carbocycles. The molecule has 19 heteroatoms. The summed E-state index contributed by atoms with van der Waals surface area (Å²) >= 11 is 0. The maximum atomic E-state index is 14.6. The van der Waals surface area contributed by atoms with Gasteiger partial charge in [-0.2, -0.15) is 0 Å². The molecule has 4 saturated carbocycles. The van der Waals surface area contributed by atoms with Crippen molar-refractivity contribution in [3.8, 4) is 0 Å². The number of hydrogen-bond donors (Lipinski definition) is 9. The van der Waals surface area contributed by atoms with Gasteiger partial charge >= 0.3 is 23.9 Å². The molecule has 368 valence electrons. The third kappa shape index (κ3) is 8.25. The van der Waals surface area contributed by atoms with Crippen LogP contribution in [0.1, 0.15) is 113 Å². The first kappa shape index (κ1) is 50.1. The van der Waals surface area contributed by atoms with E-state index in [1.54, 1.807) is 0 Å². The zero-order chi connectivity index (χ0) is 48.0. The van der Waals surface area contributed by atoms with Gasteiger partial charge in [-0.25, -0.2) is 14.4 Å². The molecule has 0 aromatic rings. The molecule has 2 aliphatic heterocycles. The van der Waals surface area contributed by atoms with Crippen molar-refractivity contribution in [2.24, 2.45) is 50.2 Å². The number of carboxylic acid groups (broad SMARTS) is 3. The number of aliphatic carboxylic acids is 3. The predicted octanol–water partition coefficient (Wildman–Crippen LogP) is 1.94. The van der Waals surface area contributed by atoms with E-state index in [1.165, 1.54) is 5.57 Å². The Morgan fingerprint density at radius 2 is 1.45 bits per heavy atom. The highest BCUT2D eigenvalue weighted by molar-refractivity contribution is 5.79. The molecule has 0 radical (unpaired) electrons. The fraction of sp³-hybridized carbons (Fsp3) is 0.870. The highest BCUT2D eigenvalue weighted by Crippen LogP contribution is 2.76. The van der Waals surface area contributed by atoms with Gasteiger partial charge in [0.15, 0.2) is 12.4 Å². The zero-order valence-corrected chi connectivity index (χ0v) is 38.3. The van der Waals surface area contributed by atoms with E-state index >= 15 is 0 Å². The van der Waals surface area contributed by atoms with Gasteiger partial charge in [-0.1, -0.05) is 60.1 Å². The van der Waals surface area contributed by atoms with Gasteiger partial charge in [-0.3, -0.25) is 4.79 Å². The normalized spacial score (nSPS) is 47.1. The summed E-state index contributed by atoms with van der Waals surface area (Å²) in [5.41, 5.74) is -1.08. The highest BCUT2D eigenvalue weighted by Gasteiger charge is 2.70. The summed E-state index contributed by atoms with van der Waals surface area (Å²) in [4.78, 5) is 49.9. The van der Waals surface area contributed by atoms with Crippen molar-refractivity contribution >= 4 is 23.9 Å². The number of carbonyl (C=O) groups is 4. The number of rotatable bonds is 12. The number of aliphatic hydroxyl groups excluding tert-OH is 6. The largest absolute Gasteiger partial charge is 0.480 e. The number of allylic oxidation sites excluding steroid dienone is 2. The lowest BCUT2D eigenvalue weighted by atomic mass is 9.33. The van der Waals surface area contributed by atoms with Gasteiger partial charge in [-0.15, -0.1) is 0 Å². The second-order valence-corrected chi connectivity index (χ2v) is 22.2. The molecule has 0 unspecified atom stereocenters. The molecule has 0 aromatic heterocycles. The van der Waals surface area contributed by atoms with Gasteiger partial charge in [0.25, 0.3) is 6.29 Å². The lowest BCUT2D eigenvalue weighted by Crippen LogP contribution is -2.66. The molecule has 7 rings (SSSR count). The Hall–Kier alpha value is -2.82. The Labute approximate surface area is 378 Å². The standard InChI is InChI=1S/C46H70O19/c1-41(2)14-16-46(40(59)65-37-30(52)29(51)28(50)23(19-47)61-37)17-15-44(6)21(22(46)18-41)8-9-25-43(5)12-11-26(42(3,4)24(43)10-13-45(25,44)7)62-38-32(54)33(31(53)34(64-38)35(55)56)63-39(36(57)58)60-20-27(48)49/h8,22-26,28-34,37-39,47,50-54H,9-20H2,1-7H3,(H,48,49)(H,55,56)(H,57,58)/t22-,23+,24-,25+,26-,28+,29-,30+,31-,32+,33-,34-,37-,38+,39+,43-,44-,45-,46-/m1/s1. The van der Waals surface area contributed by atoms with Crippen molar-refractivity contribution in [3.05, 3.63) is 11.6 Å². The highest BCUT2D eigenvalue weighted by atomic mass is 16.7. The molecule has 0 spiro atoms. The van der Waals surface area contributed by atoms with Gasteiger partial charge in [0.2, 0.25) is 6.29 Å². The van der Waals surface area contributed by atoms with Crippen molar-refractivity contribution < 1.29 is 93.6 Å². The molecule has 5 aliphatic carbocycles. The minimum Gasteiger partial charge on any atom is -0.480 e. The minimum atomic E-state index is -2.26. The Morgan fingerprint density at radius 3 is 2.08 bits per heavy atom. The van der Waals surface area contributed by atoms with Gasteiger partial charge < -0.3 is 74.4 Å². The van der Waals surface area contributed by atoms with Crippen LogP contribution in [-0.4, -0.2) is 157 Å². The van der Waals surface area contributed by atoms with Crippen LogP contribution in [-0.2, 0) is 47.6 Å². The van der Waals surface area contributed by atoms with Crippen molar-refractivity contribution in [3.63, 3.8) is 0 Å². The second kappa shape index (κ2) is 17.6. The van der Waals surface area contributed by atoms with E-state index < -0.39 is 122 Å². The fourth-order valence-electron chi connectivity index (χ4n) is 14.1. The first-order valence-electron chi connectivity index (χ1n) is 23.0. The molecular formula is C46H70O19. The third-order valence-corrected chi connectivity index (χ3v) is 18.0. The van der Waals surface area contributed by atoms with Crippen LogP contribution in [0.25, 0.3) is 0 Å². The molecule has 2 heterocycles. The number of ether oxygens (including phenoxy) is 6. The molecule has 19 nitrogen and oxygen atoms in total. The van der Waals surface area contributed by atoms with E-state index in [0.717, 1.165) is 32.1 Å². The SMILES string of the molecule is CC1(C)CC[C@@]2(C(=O)O[C@H]3O[C@@H](CO)[C@H](O)[C@@H](O)[C@@H]3O)CC[C@]3(C)C(=CC[C@H]4[C@]5(C)CC[C@@H](O[C@H]6O[C@@H](C(=O)O)[C@H](O)[C@@H](O[C@H](OCC(=O)O)C(=O)O)[C@@H]6O)C(C)(C)[C@H]5CC[C@]43C)[C@H]2C1. The van der Waals surface area contributed by atoms with Crippen LogP contribution >= 0.6 is 0 Å². The lowest BCUT2D eigenvalue weighted by Gasteiger charge is -2.71. The molecule has 0 amide bonds. The van der Waals surface area contributed by atoms with E-state index in [-0.39, 0.29) is 39.4 Å². The van der Waals surface area contributed by atoms with Gasteiger partial charge in [0, 0.05) is 0 Å². The molecule has 19 atom stereocenters. The topological polar surface area (TPSA) is 306 Å². The summed E-state index contributed by atoms with van der Waals surface area (Å²) in [6.45, 7) is 14.0. The number of fused-ring (bicyclic) bond motifs is 7. The summed E-state index contributed by atoms with van der Waals surface area (Å²) in [7, 11) is 0. The van der Waals surface area contributed by atoms with Crippen LogP contribution in [0.5, 0.6) is 0 Å². The van der Waals surface area contributed by atoms with Crippen LogP contribution in [0.2, 0.25) is 0 Å². The van der Waals surface area contributed by atoms with Crippen LogP contribution in [0.3, 0.4) is 0 Å². The summed E-state index contributed by atoms with van der Waals surface area (Å²) in [5.74, 6) is -5.31. The first-order valence-corrected chi connectivity index (χ1v) is 23.0. The quantitative estimate of drug-likeness (QED) is 0.0585. The molecule has 9 N–H and O–H groups in total. The van der Waals surface area contributed by atoms with E-state index in [0.29, 0.717) is 32.1 Å². The van der Waals surface area contributed by atoms with E-state index in [2.05, 4.69) is 54.5 Å². The van der Waals surface area contributed by atoms with E-state index in [4.69, 9.17) is 33.5 Å². The van der Waals surface area contributed by atoms with Crippen LogP contribution in [0.15, 0.2) is 11.6 Å². The molecular weight excluding hydrogens is 856 g/mol. The maximum Gasteiger partial charge on any atom is 0.361 e. The van der Waals surface area contributed by atoms with Crippen molar-refractivity contribution in [2.75, 3.05) is 13.2 Å². The summed E-state index contributed by atoms with van der Waals surface area (Å²) < 4.78 is 33.9. The number of carbonyl (C=O) groups excluding carboxylic acids is 1. The van der Waals surface area contributed by atoms with Crippen molar-refractivity contribution in [2.45, 2.75) is 186 Å². The minimum absolute atomic E-state index is 0.0737. The van der Waals surface area contributed by atoms with Gasteiger partial charge in [0.1, 0.15) is 49.3 Å². The maximum absolute atomic E-state index is 14.6. The summed E-state index contributed by atoms with van der Waals surface area (Å²) in [6.07, 6.45) is -10.9. The Kier molecular flexibility index (Phi) is 13.6. The molecule has 2 saturated heterocycles.